The molecule has 0 saturated carbocycles. The van der Waals surface area contributed by atoms with Crippen LogP contribution in [0.4, 0.5) is 10.5 Å². The molecule has 1 unspecified atom stereocenters. The first-order chi connectivity index (χ1) is 18.8. The average molecular weight is 578 g/mol. The number of para-hydroxylation sites is 1. The summed E-state index contributed by atoms with van der Waals surface area (Å²) in [6, 6.07) is 27.6. The van der Waals surface area contributed by atoms with E-state index in [2.05, 4.69) is 5.32 Å². The van der Waals surface area contributed by atoms with Crippen LogP contribution < -0.4 is 10.9 Å². The van der Waals surface area contributed by atoms with Crippen molar-refractivity contribution < 1.29 is 4.79 Å². The zero-order valence-corrected chi connectivity index (χ0v) is 23.1. The third kappa shape index (κ3) is 5.64. The quantitative estimate of drug-likeness (QED) is 0.221. The minimum atomic E-state index is -0.653. The van der Waals surface area contributed by atoms with Crippen molar-refractivity contribution in [3.63, 3.8) is 0 Å². The van der Waals surface area contributed by atoms with Crippen LogP contribution in [0.3, 0.4) is 0 Å². The summed E-state index contributed by atoms with van der Waals surface area (Å²) in [6.45, 7) is 2.07. The van der Waals surface area contributed by atoms with Crippen molar-refractivity contribution in [3.05, 3.63) is 134 Å². The molecule has 0 aliphatic carbocycles. The van der Waals surface area contributed by atoms with Crippen LogP contribution in [-0.2, 0) is 6.54 Å². The fraction of sp³-hybridized carbons (Fsp3) is 0.100. The Labute approximate surface area is 240 Å². The summed E-state index contributed by atoms with van der Waals surface area (Å²) in [6.07, 6.45) is 0. The standard InChI is InChI=1S/C30H23Cl3N4O2/c1-19(28-34-25-15-6-5-13-23(25)29(38)37(28)22-12-7-11-21(31)17-22)36(18-20-9-3-2-4-10-20)30(39)35-26-16-8-14-24(32)27(26)33/h2-17,19H,18H2,1H3,(H,35,39). The molecule has 0 bridgehead atoms. The maximum atomic E-state index is 13.8. The van der Waals surface area contributed by atoms with Gasteiger partial charge in [0, 0.05) is 11.6 Å². The lowest BCUT2D eigenvalue weighted by atomic mass is 10.1. The first-order valence-electron chi connectivity index (χ1n) is 12.2. The average Bonchev–Trinajstić information content (AvgIpc) is 2.94. The number of benzene rings is 4. The molecule has 1 aromatic heterocycles. The van der Waals surface area contributed by atoms with E-state index in [1.807, 2.05) is 43.3 Å². The van der Waals surface area contributed by atoms with Gasteiger partial charge >= 0.3 is 6.03 Å². The molecule has 1 heterocycles. The summed E-state index contributed by atoms with van der Waals surface area (Å²) in [5, 5.41) is 4.36. The van der Waals surface area contributed by atoms with Gasteiger partial charge in [-0.1, -0.05) is 89.4 Å². The third-order valence-corrected chi connectivity index (χ3v) is 7.41. The molecular formula is C30H23Cl3N4O2. The monoisotopic (exact) mass is 576 g/mol. The van der Waals surface area contributed by atoms with Gasteiger partial charge in [0.05, 0.1) is 38.4 Å². The van der Waals surface area contributed by atoms with E-state index >= 15 is 0 Å². The van der Waals surface area contributed by atoms with Crippen molar-refractivity contribution in [2.45, 2.75) is 19.5 Å². The zero-order valence-electron chi connectivity index (χ0n) is 20.8. The molecule has 1 N–H and O–H groups in total. The van der Waals surface area contributed by atoms with Crippen molar-refractivity contribution in [1.29, 1.82) is 0 Å². The SMILES string of the molecule is CC(c1nc2ccccc2c(=O)n1-c1cccc(Cl)c1)N(Cc1ccccc1)C(=O)Nc1cccc(Cl)c1Cl. The number of anilines is 1. The van der Waals surface area contributed by atoms with Gasteiger partial charge in [0.2, 0.25) is 0 Å². The van der Waals surface area contributed by atoms with E-state index < -0.39 is 12.1 Å². The number of nitrogens with one attached hydrogen (secondary N) is 1. The highest BCUT2D eigenvalue weighted by Gasteiger charge is 2.28. The van der Waals surface area contributed by atoms with Gasteiger partial charge in [-0.25, -0.2) is 9.78 Å². The van der Waals surface area contributed by atoms with Gasteiger partial charge in [0.1, 0.15) is 5.82 Å². The summed E-state index contributed by atoms with van der Waals surface area (Å²) in [7, 11) is 0. The topological polar surface area (TPSA) is 67.2 Å². The van der Waals surface area contributed by atoms with Crippen molar-refractivity contribution in [3.8, 4) is 5.69 Å². The second-order valence-electron chi connectivity index (χ2n) is 8.93. The summed E-state index contributed by atoms with van der Waals surface area (Å²) >= 11 is 18.9. The van der Waals surface area contributed by atoms with Crippen LogP contribution in [0.1, 0.15) is 24.4 Å². The summed E-state index contributed by atoms with van der Waals surface area (Å²) in [5.41, 5.74) is 2.08. The number of hydrogen-bond donors (Lipinski definition) is 1. The largest absolute Gasteiger partial charge is 0.322 e. The van der Waals surface area contributed by atoms with E-state index in [9.17, 15) is 9.59 Å². The second-order valence-corrected chi connectivity index (χ2v) is 10.2. The molecule has 4 aromatic carbocycles. The number of amides is 2. The molecule has 0 saturated heterocycles. The number of carbonyl (C=O) groups excluding carboxylic acids is 1. The van der Waals surface area contributed by atoms with E-state index in [0.717, 1.165) is 5.56 Å². The van der Waals surface area contributed by atoms with Crippen molar-refractivity contribution in [1.82, 2.24) is 14.5 Å². The Kier molecular flexibility index (Phi) is 7.89. The number of halogens is 3. The van der Waals surface area contributed by atoms with Crippen molar-refractivity contribution in [2.75, 3.05) is 5.32 Å². The number of carbonyl (C=O) groups is 1. The van der Waals surface area contributed by atoms with Crippen LogP contribution in [0, 0.1) is 0 Å². The lowest BCUT2D eigenvalue weighted by Gasteiger charge is -2.31. The van der Waals surface area contributed by atoms with Gasteiger partial charge in [-0.2, -0.15) is 0 Å². The zero-order chi connectivity index (χ0) is 27.5. The molecule has 6 nitrogen and oxygen atoms in total. The van der Waals surface area contributed by atoms with Crippen molar-refractivity contribution in [2.24, 2.45) is 0 Å². The Balaban J connectivity index is 1.66. The van der Waals surface area contributed by atoms with Crippen LogP contribution >= 0.6 is 34.8 Å². The summed E-state index contributed by atoms with van der Waals surface area (Å²) in [4.78, 5) is 34.1. The molecule has 5 rings (SSSR count). The van der Waals surface area contributed by atoms with Crippen LogP contribution in [0.2, 0.25) is 15.1 Å². The summed E-state index contributed by atoms with van der Waals surface area (Å²) < 4.78 is 1.51. The predicted molar refractivity (Wildman–Crippen MR) is 158 cm³/mol. The molecule has 0 aliphatic rings. The van der Waals surface area contributed by atoms with Crippen LogP contribution in [0.15, 0.2) is 102 Å². The normalized spacial score (nSPS) is 11.8. The highest BCUT2D eigenvalue weighted by molar-refractivity contribution is 6.44. The highest BCUT2D eigenvalue weighted by Crippen LogP contribution is 2.31. The number of urea groups is 1. The molecule has 196 valence electrons. The van der Waals surface area contributed by atoms with Gasteiger partial charge in [-0.15, -0.1) is 0 Å². The molecule has 0 fully saturated rings. The maximum absolute atomic E-state index is 13.8. The molecule has 0 radical (unpaired) electrons. The number of nitrogens with zero attached hydrogens (tertiary/aromatic N) is 3. The molecule has 5 aromatic rings. The fourth-order valence-electron chi connectivity index (χ4n) is 4.39. The van der Waals surface area contributed by atoms with Gasteiger partial charge in [0.25, 0.3) is 5.56 Å². The maximum Gasteiger partial charge on any atom is 0.322 e. The number of rotatable bonds is 6. The van der Waals surface area contributed by atoms with E-state index in [1.54, 1.807) is 65.6 Å². The summed E-state index contributed by atoms with van der Waals surface area (Å²) in [5.74, 6) is 0.379. The highest BCUT2D eigenvalue weighted by atomic mass is 35.5. The molecular weight excluding hydrogens is 555 g/mol. The Morgan fingerprint density at radius 2 is 1.64 bits per heavy atom. The van der Waals surface area contributed by atoms with Gasteiger partial charge < -0.3 is 10.2 Å². The second kappa shape index (κ2) is 11.5. The van der Waals surface area contributed by atoms with Gasteiger partial charge in [0.15, 0.2) is 0 Å². The fourth-order valence-corrected chi connectivity index (χ4v) is 4.92. The lowest BCUT2D eigenvalue weighted by molar-refractivity contribution is 0.185. The van der Waals surface area contributed by atoms with Crippen LogP contribution in [-0.4, -0.2) is 20.5 Å². The molecule has 0 aliphatic heterocycles. The van der Waals surface area contributed by atoms with E-state index in [4.69, 9.17) is 39.8 Å². The molecule has 2 amide bonds. The minimum absolute atomic E-state index is 0.236. The Hall–Kier alpha value is -3.84. The lowest BCUT2D eigenvalue weighted by Crippen LogP contribution is -2.39. The van der Waals surface area contributed by atoms with Crippen LogP contribution in [0.25, 0.3) is 16.6 Å². The first kappa shape index (κ1) is 26.8. The Bertz CT molecular complexity index is 1720. The molecule has 39 heavy (non-hydrogen) atoms. The third-order valence-electron chi connectivity index (χ3n) is 6.36. The predicted octanol–water partition coefficient (Wildman–Crippen LogP) is 8.14. The first-order valence-corrected chi connectivity index (χ1v) is 13.3. The number of fused-ring (bicyclic) bond motifs is 1. The number of aromatic nitrogens is 2. The molecule has 9 heteroatoms. The molecule has 1 atom stereocenters. The van der Waals surface area contributed by atoms with Crippen LogP contribution in [0.5, 0.6) is 0 Å². The Morgan fingerprint density at radius 1 is 0.923 bits per heavy atom. The number of hydrogen-bond acceptors (Lipinski definition) is 3. The van der Waals surface area contributed by atoms with E-state index in [0.29, 0.717) is 38.1 Å². The van der Waals surface area contributed by atoms with Gasteiger partial charge in [-0.05, 0) is 55.0 Å². The van der Waals surface area contributed by atoms with Crippen molar-refractivity contribution >= 4 is 57.4 Å². The molecule has 0 spiro atoms. The Morgan fingerprint density at radius 3 is 2.41 bits per heavy atom. The minimum Gasteiger partial charge on any atom is -0.310 e. The van der Waals surface area contributed by atoms with E-state index in [1.165, 1.54) is 4.57 Å². The van der Waals surface area contributed by atoms with E-state index in [-0.39, 0.29) is 17.1 Å². The van der Waals surface area contributed by atoms with Gasteiger partial charge in [-0.3, -0.25) is 9.36 Å². The smallest absolute Gasteiger partial charge is 0.310 e.